The van der Waals surface area contributed by atoms with Crippen LogP contribution in [0.5, 0.6) is 5.75 Å². The highest BCUT2D eigenvalue weighted by molar-refractivity contribution is 5.95. The molecule has 5 nitrogen and oxygen atoms in total. The van der Waals surface area contributed by atoms with E-state index >= 15 is 0 Å². The number of carbonyl (C=O) groups excluding carboxylic acids is 1. The Kier molecular flexibility index (Phi) is 3.66. The molecule has 98 valence electrons. The molecule has 1 heterocycles. The normalized spacial score (nSPS) is 10.2. The third kappa shape index (κ3) is 3.01. The van der Waals surface area contributed by atoms with Crippen molar-refractivity contribution >= 4 is 11.6 Å². The highest BCUT2D eigenvalue weighted by Crippen LogP contribution is 2.21. The summed E-state index contributed by atoms with van der Waals surface area (Å²) in [6.07, 6.45) is 3.37. The SMILES string of the molecule is CN(Cc1ccncc1)C(=O)c1ccc(N)c(O)c1. The Balaban J connectivity index is 2.12. The van der Waals surface area contributed by atoms with Crippen LogP contribution in [0.25, 0.3) is 0 Å². The summed E-state index contributed by atoms with van der Waals surface area (Å²) in [4.78, 5) is 17.7. The van der Waals surface area contributed by atoms with E-state index in [-0.39, 0.29) is 17.3 Å². The van der Waals surface area contributed by atoms with Gasteiger partial charge in [0.25, 0.3) is 5.91 Å². The van der Waals surface area contributed by atoms with Crippen LogP contribution in [-0.2, 0) is 6.54 Å². The summed E-state index contributed by atoms with van der Waals surface area (Å²) in [5.41, 5.74) is 7.16. The van der Waals surface area contributed by atoms with Crippen LogP contribution in [0.2, 0.25) is 0 Å². The molecular weight excluding hydrogens is 242 g/mol. The standard InChI is InChI=1S/C14H15N3O2/c1-17(9-10-4-6-16-7-5-10)14(19)11-2-3-12(15)13(18)8-11/h2-8,18H,9,15H2,1H3. The fourth-order valence-corrected chi connectivity index (χ4v) is 1.73. The topological polar surface area (TPSA) is 79.5 Å². The van der Waals surface area contributed by atoms with Crippen molar-refractivity contribution in [2.75, 3.05) is 12.8 Å². The number of aromatic hydroxyl groups is 1. The number of aromatic nitrogens is 1. The molecule has 19 heavy (non-hydrogen) atoms. The molecule has 0 saturated carbocycles. The van der Waals surface area contributed by atoms with Crippen molar-refractivity contribution in [1.29, 1.82) is 0 Å². The van der Waals surface area contributed by atoms with Crippen molar-refractivity contribution < 1.29 is 9.90 Å². The molecule has 0 bridgehead atoms. The minimum absolute atomic E-state index is 0.0804. The first-order valence-electron chi connectivity index (χ1n) is 5.81. The number of phenols is 1. The lowest BCUT2D eigenvalue weighted by Crippen LogP contribution is -2.26. The van der Waals surface area contributed by atoms with Crippen molar-refractivity contribution in [3.05, 3.63) is 53.9 Å². The first-order chi connectivity index (χ1) is 9.08. The highest BCUT2D eigenvalue weighted by Gasteiger charge is 2.13. The zero-order valence-electron chi connectivity index (χ0n) is 10.6. The lowest BCUT2D eigenvalue weighted by atomic mass is 10.1. The molecule has 0 unspecified atom stereocenters. The summed E-state index contributed by atoms with van der Waals surface area (Å²) in [6.45, 7) is 0.479. The van der Waals surface area contributed by atoms with Gasteiger partial charge in [0, 0.05) is 31.5 Å². The van der Waals surface area contributed by atoms with E-state index in [1.807, 2.05) is 12.1 Å². The van der Waals surface area contributed by atoms with E-state index in [1.54, 1.807) is 30.4 Å². The van der Waals surface area contributed by atoms with Gasteiger partial charge in [0.2, 0.25) is 0 Å². The molecule has 2 rings (SSSR count). The van der Waals surface area contributed by atoms with E-state index in [0.29, 0.717) is 12.1 Å². The van der Waals surface area contributed by atoms with Gasteiger partial charge >= 0.3 is 0 Å². The fourth-order valence-electron chi connectivity index (χ4n) is 1.73. The quantitative estimate of drug-likeness (QED) is 0.647. The second-order valence-corrected chi connectivity index (χ2v) is 4.29. The van der Waals surface area contributed by atoms with E-state index in [4.69, 9.17) is 5.73 Å². The first kappa shape index (κ1) is 12.9. The smallest absolute Gasteiger partial charge is 0.254 e. The lowest BCUT2D eigenvalue weighted by molar-refractivity contribution is 0.0784. The second-order valence-electron chi connectivity index (χ2n) is 4.29. The molecule has 0 fully saturated rings. The highest BCUT2D eigenvalue weighted by atomic mass is 16.3. The van der Waals surface area contributed by atoms with E-state index < -0.39 is 0 Å². The largest absolute Gasteiger partial charge is 0.506 e. The summed E-state index contributed by atoms with van der Waals surface area (Å²) < 4.78 is 0. The number of carbonyl (C=O) groups is 1. The molecule has 0 aliphatic heterocycles. The molecule has 1 aromatic heterocycles. The Morgan fingerprint density at radius 2 is 2.00 bits per heavy atom. The summed E-state index contributed by atoms with van der Waals surface area (Å²) in [5, 5.41) is 9.52. The molecule has 0 atom stereocenters. The minimum Gasteiger partial charge on any atom is -0.506 e. The maximum absolute atomic E-state index is 12.2. The number of pyridine rings is 1. The van der Waals surface area contributed by atoms with E-state index in [9.17, 15) is 9.90 Å². The van der Waals surface area contributed by atoms with Crippen LogP contribution in [0.4, 0.5) is 5.69 Å². The molecule has 1 aromatic carbocycles. The molecule has 5 heteroatoms. The van der Waals surface area contributed by atoms with Gasteiger partial charge in [0.1, 0.15) is 5.75 Å². The maximum atomic E-state index is 12.2. The number of hydrogen-bond acceptors (Lipinski definition) is 4. The van der Waals surface area contributed by atoms with E-state index in [2.05, 4.69) is 4.98 Å². The average Bonchev–Trinajstić information content (AvgIpc) is 2.42. The second kappa shape index (κ2) is 5.39. The minimum atomic E-state index is -0.174. The predicted octanol–water partition coefficient (Wildman–Crippen LogP) is 1.64. The van der Waals surface area contributed by atoms with Crippen molar-refractivity contribution in [2.24, 2.45) is 0 Å². The Morgan fingerprint density at radius 1 is 1.32 bits per heavy atom. The predicted molar refractivity (Wildman–Crippen MR) is 72.6 cm³/mol. The van der Waals surface area contributed by atoms with Crippen LogP contribution in [0.15, 0.2) is 42.7 Å². The van der Waals surface area contributed by atoms with Crippen LogP contribution in [0.1, 0.15) is 15.9 Å². The molecule has 2 aromatic rings. The Bertz CT molecular complexity index is 584. The molecule has 1 amide bonds. The van der Waals surface area contributed by atoms with Gasteiger partial charge in [-0.2, -0.15) is 0 Å². The fraction of sp³-hybridized carbons (Fsp3) is 0.143. The van der Waals surface area contributed by atoms with Crippen LogP contribution in [0, 0.1) is 0 Å². The number of amides is 1. The first-order valence-corrected chi connectivity index (χ1v) is 5.81. The van der Waals surface area contributed by atoms with Crippen LogP contribution >= 0.6 is 0 Å². The number of rotatable bonds is 3. The number of hydrogen-bond donors (Lipinski definition) is 2. The van der Waals surface area contributed by atoms with Gasteiger partial charge < -0.3 is 15.7 Å². The van der Waals surface area contributed by atoms with E-state index in [0.717, 1.165) is 5.56 Å². The monoisotopic (exact) mass is 257 g/mol. The zero-order valence-corrected chi connectivity index (χ0v) is 10.6. The van der Waals surface area contributed by atoms with Gasteiger partial charge in [0.15, 0.2) is 0 Å². The Morgan fingerprint density at radius 3 is 2.63 bits per heavy atom. The van der Waals surface area contributed by atoms with Gasteiger partial charge in [-0.05, 0) is 35.9 Å². The summed E-state index contributed by atoms with van der Waals surface area (Å²) in [5.74, 6) is -0.254. The summed E-state index contributed by atoms with van der Waals surface area (Å²) in [6, 6.07) is 8.19. The number of nitrogens with zero attached hydrogens (tertiary/aromatic N) is 2. The molecular formula is C14H15N3O2. The average molecular weight is 257 g/mol. The number of benzene rings is 1. The number of phenolic OH excluding ortho intramolecular Hbond substituents is 1. The third-order valence-corrected chi connectivity index (χ3v) is 2.79. The van der Waals surface area contributed by atoms with Gasteiger partial charge in [0.05, 0.1) is 5.69 Å². The van der Waals surface area contributed by atoms with Crippen LogP contribution in [0.3, 0.4) is 0 Å². The third-order valence-electron chi connectivity index (χ3n) is 2.79. The summed E-state index contributed by atoms with van der Waals surface area (Å²) in [7, 11) is 1.70. The number of nitrogens with two attached hydrogens (primary N) is 1. The van der Waals surface area contributed by atoms with Crippen molar-refractivity contribution in [1.82, 2.24) is 9.88 Å². The van der Waals surface area contributed by atoms with Gasteiger partial charge in [-0.25, -0.2) is 0 Å². The van der Waals surface area contributed by atoms with Crippen molar-refractivity contribution in [3.63, 3.8) is 0 Å². The van der Waals surface area contributed by atoms with Crippen molar-refractivity contribution in [2.45, 2.75) is 6.54 Å². The molecule has 0 aliphatic rings. The van der Waals surface area contributed by atoms with Gasteiger partial charge in [-0.1, -0.05) is 0 Å². The molecule has 0 radical (unpaired) electrons. The maximum Gasteiger partial charge on any atom is 0.254 e. The summed E-state index contributed by atoms with van der Waals surface area (Å²) >= 11 is 0. The number of nitrogen functional groups attached to an aromatic ring is 1. The molecule has 3 N–H and O–H groups in total. The molecule has 0 saturated heterocycles. The van der Waals surface area contributed by atoms with Gasteiger partial charge in [-0.15, -0.1) is 0 Å². The molecule has 0 aliphatic carbocycles. The Hall–Kier alpha value is -2.56. The van der Waals surface area contributed by atoms with Gasteiger partial charge in [-0.3, -0.25) is 9.78 Å². The Labute approximate surface area is 111 Å². The lowest BCUT2D eigenvalue weighted by Gasteiger charge is -2.17. The van der Waals surface area contributed by atoms with E-state index in [1.165, 1.54) is 12.1 Å². The number of anilines is 1. The van der Waals surface area contributed by atoms with Crippen molar-refractivity contribution in [3.8, 4) is 5.75 Å². The van der Waals surface area contributed by atoms with Crippen LogP contribution < -0.4 is 5.73 Å². The molecule has 0 spiro atoms. The zero-order chi connectivity index (χ0) is 13.8. The van der Waals surface area contributed by atoms with Crippen LogP contribution in [-0.4, -0.2) is 27.9 Å².